The molecule has 0 amide bonds. The van der Waals surface area contributed by atoms with Crippen molar-refractivity contribution in [1.29, 1.82) is 0 Å². The third-order valence-electron chi connectivity index (χ3n) is 5.88. The monoisotopic (exact) mass is 450 g/mol. The highest BCUT2D eigenvalue weighted by Gasteiger charge is 2.38. The fourth-order valence-corrected chi connectivity index (χ4v) is 4.18. The molecule has 0 radical (unpaired) electrons. The second-order valence-corrected chi connectivity index (χ2v) is 8.88. The van der Waals surface area contributed by atoms with Crippen molar-refractivity contribution in [2.75, 3.05) is 26.4 Å². The second-order valence-electron chi connectivity index (χ2n) is 8.47. The zero-order valence-electron chi connectivity index (χ0n) is 17.3. The van der Waals surface area contributed by atoms with Gasteiger partial charge in [0, 0.05) is 24.3 Å². The molecule has 2 aromatic rings. The zero-order valence-corrected chi connectivity index (χ0v) is 18.1. The van der Waals surface area contributed by atoms with Gasteiger partial charge in [0.25, 0.3) is 0 Å². The highest BCUT2D eigenvalue weighted by molar-refractivity contribution is 6.31. The Hall–Kier alpha value is -1.70. The number of ether oxygens (including phenoxy) is 3. The molecule has 2 aliphatic rings. The number of hydrogen-bond acceptors (Lipinski definition) is 5. The molecule has 4 rings (SSSR count). The lowest BCUT2D eigenvalue weighted by Gasteiger charge is -2.33. The lowest BCUT2D eigenvalue weighted by atomic mass is 9.94. The van der Waals surface area contributed by atoms with Crippen molar-refractivity contribution in [3.63, 3.8) is 0 Å². The maximum absolute atomic E-state index is 13.9. The molecule has 3 atom stereocenters. The molecular weight excluding hydrogens is 423 g/mol. The molecule has 0 spiro atoms. The number of aliphatic hydroxyl groups excluding tert-OH is 2. The van der Waals surface area contributed by atoms with Crippen LogP contribution in [0, 0.1) is 0 Å². The summed E-state index contributed by atoms with van der Waals surface area (Å²) in [6.07, 6.45) is 0.782. The number of alkyl halides is 1. The number of rotatable bonds is 8. The molecule has 168 valence electrons. The van der Waals surface area contributed by atoms with E-state index in [9.17, 15) is 14.6 Å². The summed E-state index contributed by atoms with van der Waals surface area (Å²) in [6, 6.07) is 13.5. The SMILES string of the molecule is OCC1CC(O)CC(c2ccc(Cl)c(Cc3ccc(OCCC4(F)COC4)cc3)c2)O1. The van der Waals surface area contributed by atoms with Gasteiger partial charge in [-0.2, -0.15) is 0 Å². The van der Waals surface area contributed by atoms with E-state index in [1.807, 2.05) is 42.5 Å². The molecule has 0 aromatic heterocycles. The van der Waals surface area contributed by atoms with Crippen LogP contribution in [0.25, 0.3) is 0 Å². The van der Waals surface area contributed by atoms with Gasteiger partial charge in [-0.3, -0.25) is 0 Å². The standard InChI is InChI=1S/C24H28ClFO5/c25-22-6-3-17(23-12-19(28)11-21(13-27)31-23)10-18(22)9-16-1-4-20(5-2-16)30-8-7-24(26)14-29-15-24/h1-6,10,19,21,23,27-28H,7-9,11-15H2. The first-order chi connectivity index (χ1) is 14.9. The highest BCUT2D eigenvalue weighted by atomic mass is 35.5. The van der Waals surface area contributed by atoms with Gasteiger partial charge in [0.2, 0.25) is 0 Å². The van der Waals surface area contributed by atoms with Crippen LogP contribution in [-0.2, 0) is 15.9 Å². The van der Waals surface area contributed by atoms with Crippen molar-refractivity contribution in [2.24, 2.45) is 0 Å². The Labute approximate surface area is 186 Å². The van der Waals surface area contributed by atoms with Gasteiger partial charge >= 0.3 is 0 Å². The third kappa shape index (κ3) is 5.76. The van der Waals surface area contributed by atoms with Gasteiger partial charge in [-0.1, -0.05) is 35.9 Å². The first kappa shape index (κ1) is 22.5. The summed E-state index contributed by atoms with van der Waals surface area (Å²) in [7, 11) is 0. The zero-order chi connectivity index (χ0) is 21.8. The Morgan fingerprint density at radius 1 is 1.13 bits per heavy atom. The summed E-state index contributed by atoms with van der Waals surface area (Å²) in [5, 5.41) is 20.2. The molecule has 7 heteroatoms. The van der Waals surface area contributed by atoms with Crippen LogP contribution >= 0.6 is 11.6 Å². The number of aliphatic hydroxyl groups is 2. The van der Waals surface area contributed by atoms with Crippen LogP contribution in [0.1, 0.15) is 42.1 Å². The molecule has 2 heterocycles. The quantitative estimate of drug-likeness (QED) is 0.636. The van der Waals surface area contributed by atoms with Crippen LogP contribution in [0.3, 0.4) is 0 Å². The first-order valence-corrected chi connectivity index (χ1v) is 11.0. The predicted octanol–water partition coefficient (Wildman–Crippen LogP) is 4.01. The molecule has 2 saturated heterocycles. The van der Waals surface area contributed by atoms with E-state index in [4.69, 9.17) is 25.8 Å². The first-order valence-electron chi connectivity index (χ1n) is 10.7. The predicted molar refractivity (Wildman–Crippen MR) is 115 cm³/mol. The van der Waals surface area contributed by atoms with Gasteiger partial charge in [0.1, 0.15) is 5.75 Å². The van der Waals surface area contributed by atoms with E-state index < -0.39 is 11.8 Å². The lowest BCUT2D eigenvalue weighted by molar-refractivity contribution is -0.136. The Morgan fingerprint density at radius 2 is 1.90 bits per heavy atom. The molecule has 2 fully saturated rings. The van der Waals surface area contributed by atoms with E-state index in [-0.39, 0.29) is 32.0 Å². The van der Waals surface area contributed by atoms with Crippen molar-refractivity contribution >= 4 is 11.6 Å². The molecule has 0 saturated carbocycles. The highest BCUT2D eigenvalue weighted by Crippen LogP contribution is 2.34. The number of halogens is 2. The molecule has 0 aliphatic carbocycles. The molecule has 0 bridgehead atoms. The Morgan fingerprint density at radius 3 is 2.58 bits per heavy atom. The van der Waals surface area contributed by atoms with Gasteiger partial charge in [-0.05, 0) is 41.3 Å². The van der Waals surface area contributed by atoms with Crippen LogP contribution in [-0.4, -0.2) is 54.5 Å². The number of hydrogen-bond donors (Lipinski definition) is 2. The van der Waals surface area contributed by atoms with E-state index >= 15 is 0 Å². The average molecular weight is 451 g/mol. The summed E-state index contributed by atoms with van der Waals surface area (Å²) < 4.78 is 30.4. The molecular formula is C24H28ClFO5. The largest absolute Gasteiger partial charge is 0.493 e. The van der Waals surface area contributed by atoms with Crippen molar-refractivity contribution in [3.8, 4) is 5.75 Å². The Bertz CT molecular complexity index is 871. The van der Waals surface area contributed by atoms with Crippen molar-refractivity contribution < 1.29 is 28.8 Å². The van der Waals surface area contributed by atoms with Crippen LogP contribution in [0.15, 0.2) is 42.5 Å². The molecule has 2 N–H and O–H groups in total. The maximum atomic E-state index is 13.9. The van der Waals surface area contributed by atoms with E-state index in [1.54, 1.807) is 0 Å². The average Bonchev–Trinajstić information content (AvgIpc) is 2.74. The lowest BCUT2D eigenvalue weighted by Crippen LogP contribution is -2.46. The van der Waals surface area contributed by atoms with E-state index in [0.29, 0.717) is 43.1 Å². The summed E-state index contributed by atoms with van der Waals surface area (Å²) in [6.45, 7) is 0.513. The van der Waals surface area contributed by atoms with E-state index in [2.05, 4.69) is 0 Å². The van der Waals surface area contributed by atoms with E-state index in [0.717, 1.165) is 16.7 Å². The summed E-state index contributed by atoms with van der Waals surface area (Å²) in [4.78, 5) is 0. The Kier molecular flexibility index (Phi) is 7.14. The van der Waals surface area contributed by atoms with Crippen LogP contribution in [0.5, 0.6) is 5.75 Å². The van der Waals surface area contributed by atoms with E-state index in [1.165, 1.54) is 0 Å². The summed E-state index contributed by atoms with van der Waals surface area (Å²) >= 11 is 6.43. The van der Waals surface area contributed by atoms with Crippen molar-refractivity contribution in [2.45, 2.75) is 49.7 Å². The smallest absolute Gasteiger partial charge is 0.160 e. The fourth-order valence-electron chi connectivity index (χ4n) is 4.00. The summed E-state index contributed by atoms with van der Waals surface area (Å²) in [5.74, 6) is 0.701. The molecule has 31 heavy (non-hydrogen) atoms. The molecule has 2 aromatic carbocycles. The van der Waals surface area contributed by atoms with Gasteiger partial charge in [0.05, 0.1) is 44.7 Å². The minimum atomic E-state index is -1.24. The summed E-state index contributed by atoms with van der Waals surface area (Å²) in [5.41, 5.74) is 1.73. The number of benzene rings is 2. The van der Waals surface area contributed by atoms with Gasteiger partial charge in [-0.25, -0.2) is 4.39 Å². The van der Waals surface area contributed by atoms with Crippen LogP contribution < -0.4 is 4.74 Å². The normalized spacial score (nSPS) is 25.1. The topological polar surface area (TPSA) is 68.2 Å². The minimum Gasteiger partial charge on any atom is -0.493 e. The fraction of sp³-hybridized carbons (Fsp3) is 0.500. The van der Waals surface area contributed by atoms with Crippen LogP contribution in [0.2, 0.25) is 5.02 Å². The molecule has 5 nitrogen and oxygen atoms in total. The second kappa shape index (κ2) is 9.84. The third-order valence-corrected chi connectivity index (χ3v) is 6.25. The van der Waals surface area contributed by atoms with Crippen molar-refractivity contribution in [3.05, 3.63) is 64.2 Å². The van der Waals surface area contributed by atoms with Gasteiger partial charge < -0.3 is 24.4 Å². The maximum Gasteiger partial charge on any atom is 0.160 e. The Balaban J connectivity index is 1.37. The molecule has 2 aliphatic heterocycles. The van der Waals surface area contributed by atoms with Crippen LogP contribution in [0.4, 0.5) is 4.39 Å². The van der Waals surface area contributed by atoms with Crippen molar-refractivity contribution in [1.82, 2.24) is 0 Å². The van der Waals surface area contributed by atoms with Gasteiger partial charge in [-0.15, -0.1) is 0 Å². The molecule has 3 unspecified atom stereocenters. The van der Waals surface area contributed by atoms with Gasteiger partial charge in [0.15, 0.2) is 5.67 Å². The minimum absolute atomic E-state index is 0.109.